The predicted molar refractivity (Wildman–Crippen MR) is 401 cm³/mol. The molecule has 63 heteroatoms. The third-order valence-corrected chi connectivity index (χ3v) is 23.0. The highest BCUT2D eigenvalue weighted by Gasteiger charge is 2.49. The van der Waals surface area contributed by atoms with E-state index in [-0.39, 0.29) is 103 Å². The van der Waals surface area contributed by atoms with Gasteiger partial charge in [0.1, 0.15) is 72.5 Å². The number of nitrogens with two attached hydrogens (primary N) is 2. The van der Waals surface area contributed by atoms with Crippen molar-refractivity contribution in [3.8, 4) is 0 Å². The van der Waals surface area contributed by atoms with Crippen LogP contribution in [-0.4, -0.2) is 234 Å². The summed E-state index contributed by atoms with van der Waals surface area (Å²) >= 11 is 4.94. The Morgan fingerprint density at radius 2 is 0.874 bits per heavy atom. The number of aliphatic carboxylic acids is 3. The van der Waals surface area contributed by atoms with Crippen molar-refractivity contribution in [3.63, 3.8) is 0 Å². The number of nitrogen functional groups attached to an aromatic ring is 2. The number of imidazole rings is 2. The molecular weight excluding hydrogens is 1800 g/mol. The molecule has 0 bridgehead atoms. The van der Waals surface area contributed by atoms with Crippen LogP contribution < -0.4 is 71.9 Å². The largest absolute Gasteiger partial charge is 0.790 e. The second-order valence-electron chi connectivity index (χ2n) is 26.2. The molecule has 4 aromatic rings. The van der Waals surface area contributed by atoms with Gasteiger partial charge in [0, 0.05) is 87.0 Å². The first-order valence-electron chi connectivity index (χ1n) is 34.6. The van der Waals surface area contributed by atoms with E-state index in [2.05, 4.69) is 117 Å². The molecule has 2 saturated heterocycles. The molecule has 2 aliphatic heterocycles. The van der Waals surface area contributed by atoms with Crippen molar-refractivity contribution in [1.82, 2.24) is 60.3 Å². The maximum Gasteiger partial charge on any atom is 0.303 e. The Morgan fingerprint density at radius 1 is 0.529 bits per heavy atom. The number of ether oxygens (including phenoxy) is 2. The number of thioether (sulfide) groups is 1. The van der Waals surface area contributed by atoms with E-state index in [0.717, 1.165) is 46.2 Å². The van der Waals surface area contributed by atoms with Gasteiger partial charge in [0.25, 0.3) is 31.3 Å². The zero-order valence-electron chi connectivity index (χ0n) is 63.3. The molecule has 119 heavy (non-hydrogen) atoms. The second kappa shape index (κ2) is 50.0. The van der Waals surface area contributed by atoms with Gasteiger partial charge in [-0.1, -0.05) is 52.3 Å². The number of nitrogens with zero attached hydrogens (tertiary/aromatic N) is 8. The molecule has 4 amide bonds. The summed E-state index contributed by atoms with van der Waals surface area (Å²) in [5.74, 6) is -4.93. The van der Waals surface area contributed by atoms with Crippen molar-refractivity contribution >= 4 is 170 Å². The summed E-state index contributed by atoms with van der Waals surface area (Å²) in [6.45, 7) is 0.279. The number of hydrogen-bond acceptors (Lipinski definition) is 46. The van der Waals surface area contributed by atoms with Crippen molar-refractivity contribution in [2.75, 3.05) is 75.6 Å². The van der Waals surface area contributed by atoms with Crippen LogP contribution in [0.3, 0.4) is 0 Å². The Hall–Kier alpha value is -5.28. The zero-order valence-corrected chi connectivity index (χ0v) is 72.6. The summed E-state index contributed by atoms with van der Waals surface area (Å²) in [6, 6.07) is 0. The molecule has 0 saturated carbocycles. The van der Waals surface area contributed by atoms with Crippen LogP contribution in [0.1, 0.15) is 117 Å². The number of carboxylic acids is 3. The average molecular weight is 1900 g/mol. The summed E-state index contributed by atoms with van der Waals surface area (Å²) in [4.78, 5) is 209. The van der Waals surface area contributed by atoms with Crippen molar-refractivity contribution in [1.29, 1.82) is 0 Å². The molecule has 0 aliphatic carbocycles. The Balaban J connectivity index is 0.000000541. The number of phosphoric acid groups is 6. The van der Waals surface area contributed by atoms with Crippen LogP contribution in [0.15, 0.2) is 25.3 Å². The first-order chi connectivity index (χ1) is 55.2. The molecule has 16 atom stereocenters. The van der Waals surface area contributed by atoms with Gasteiger partial charge in [0.2, 0.25) is 23.6 Å². The number of aliphatic hydroxyl groups excluding tert-OH is 4. The fourth-order valence-electron chi connectivity index (χ4n) is 9.91. The van der Waals surface area contributed by atoms with Crippen LogP contribution in [0.25, 0.3) is 22.3 Å². The minimum Gasteiger partial charge on any atom is -0.790 e. The van der Waals surface area contributed by atoms with E-state index in [1.54, 1.807) is 0 Å². The molecule has 0 spiro atoms. The van der Waals surface area contributed by atoms with E-state index in [0.29, 0.717) is 50.8 Å². The van der Waals surface area contributed by atoms with E-state index in [4.69, 9.17) is 36.3 Å². The summed E-state index contributed by atoms with van der Waals surface area (Å²) in [5, 5.41) is 77.0. The van der Waals surface area contributed by atoms with Crippen LogP contribution >= 0.6 is 89.2 Å². The number of rotatable bonds is 49. The lowest BCUT2D eigenvalue weighted by atomic mass is 9.87. The molecule has 2 aliphatic rings. The average Bonchev–Trinajstić information content (AvgIpc) is 1.62. The standard InChI is InChI=1S/C28H46N7O19P3S.C21H36N7O16P3S.C7H12O4.H4P2/c1-28(2,23(41)26(42)31-9-8-17(36)30-10-11-58-19(39)7-5-3-4-6-18(37)38)13-51-57(48,49)54-56(46,47)50-12-16-22(53-55(43,44)45)21(40)27(52-16)35-15-34-20-24(29)32-14-33-25(20)35;1-21(2,16(31)19(32)24-4-3-12(29)23-5-6-48)8-41-47(38,39)44-46(36,37)40-7-11-15(43-45(33,34)35)14(30)20(42-11)28-10-27-13-17(22)25-9-26-18(13)28;8-6(9)4-2-1-3-5-7(10)11;1-2/h14-16,21-23,27,40-41H,3-13H2,1-2H3,(H,30,36)(H,31,42)(H,37,38)(H,46,47)(H,48,49)(H2,29,32,33)(H2,43,44,45);9-11,14-16,20,30-31,48H,3-8H2,1-2H3,(H,23,29)(H,24,32)(H,36,37)(H,38,39)(H2,22,25,26)(H2,33,34,35);1-5H2,(H,8,9)(H,10,11);1-2H2/p-8. The molecule has 0 radical (unpaired) electrons. The van der Waals surface area contributed by atoms with E-state index >= 15 is 0 Å². The van der Waals surface area contributed by atoms with E-state index < -0.39 is 187 Å². The molecule has 678 valence electrons. The normalized spacial score (nSPS) is 20.7. The lowest BCUT2D eigenvalue weighted by molar-refractivity contribution is -0.348. The number of unbranched alkanes of at least 4 members (excludes halogenated alkanes) is 4. The van der Waals surface area contributed by atoms with Gasteiger partial charge < -0.3 is 153 Å². The van der Waals surface area contributed by atoms with Crippen molar-refractivity contribution in [2.24, 2.45) is 10.8 Å². The number of carboxylic acid groups (broad SMARTS) is 3. The van der Waals surface area contributed by atoms with E-state index in [1.807, 2.05) is 0 Å². The highest BCUT2D eigenvalue weighted by molar-refractivity contribution is 8.13. The Bertz CT molecular complexity index is 4310. The zero-order chi connectivity index (χ0) is 90.2. The number of thiol groups is 1. The highest BCUT2D eigenvalue weighted by Crippen LogP contribution is 2.58. The quantitative estimate of drug-likeness (QED) is 0.0112. The maximum absolute atomic E-state index is 12.5. The monoisotopic (exact) mass is 1890 g/mol. The number of phosphoric ester groups is 6. The molecular formula is C56H90N14O39P8S2-8. The van der Waals surface area contributed by atoms with Gasteiger partial charge in [-0.2, -0.15) is 12.6 Å². The molecule has 6 heterocycles. The van der Waals surface area contributed by atoms with Crippen LogP contribution in [0.5, 0.6) is 0 Å². The van der Waals surface area contributed by atoms with Crippen molar-refractivity contribution in [3.05, 3.63) is 25.3 Å². The summed E-state index contributed by atoms with van der Waals surface area (Å²) in [6.07, 6.45) is -11.1. The third-order valence-electron chi connectivity index (χ3n) is 15.8. The number of carbonyl (C=O) groups is 8. The maximum atomic E-state index is 12.5. The number of amides is 4. The fourth-order valence-corrected chi connectivity index (χ4v) is 16.2. The van der Waals surface area contributed by atoms with Gasteiger partial charge in [0.15, 0.2) is 40.5 Å². The van der Waals surface area contributed by atoms with E-state index in [1.165, 1.54) is 27.7 Å². The molecule has 2 fully saturated rings. The molecule has 15 N–H and O–H groups in total. The molecule has 4 aromatic heterocycles. The van der Waals surface area contributed by atoms with Gasteiger partial charge in [0.05, 0.1) is 54.7 Å². The molecule has 6 rings (SSSR count). The minimum absolute atomic E-state index is 0.0144. The first kappa shape index (κ1) is 108. The lowest BCUT2D eigenvalue weighted by Crippen LogP contribution is -2.46. The van der Waals surface area contributed by atoms with Crippen LogP contribution in [0, 0.1) is 10.8 Å². The number of carbonyl (C=O) groups excluding carboxylic acids is 5. The third kappa shape index (κ3) is 39.2. The number of nitrogens with one attached hydrogen (secondary N) is 4. The van der Waals surface area contributed by atoms with E-state index in [9.17, 15) is 125 Å². The Kier molecular flexibility index (Phi) is 45.3. The highest BCUT2D eigenvalue weighted by atomic mass is 32.2. The summed E-state index contributed by atoms with van der Waals surface area (Å²) in [7, 11) is -30.5. The number of hydrogen-bond donors (Lipinski definition) is 14. The Labute approximate surface area is 690 Å². The number of anilines is 2. The predicted octanol–water partition coefficient (Wildman–Crippen LogP) is -5.26. The minimum atomic E-state index is -5.93. The topological polar surface area (TPSA) is 845 Å². The van der Waals surface area contributed by atoms with Gasteiger partial charge in [-0.15, -0.1) is 17.9 Å². The summed E-state index contributed by atoms with van der Waals surface area (Å²) < 4.78 is 121. The van der Waals surface area contributed by atoms with Gasteiger partial charge in [-0.25, -0.2) is 38.5 Å². The van der Waals surface area contributed by atoms with Gasteiger partial charge >= 0.3 is 17.9 Å². The SMILES string of the molecule is CC(C)(COP(=O)([O-])OP(=O)([O-])OCC1OC(n2cnc3c(N)ncnc32)C(O)C1OP(=O)([O-])[O-])C(O)C(=O)NCCC(=O)NCCS.CC(C)(COP(=O)([O-])OP(=O)([O-])OCC1OC(n2cnc3c(N)ncnc32)C(O)C1OP(=O)([O-])[O-])C(O)C(=O)NCCC(=O)NCCSC(=O)CCCCCC(=O)O.O=C(O)CCCCCC(=O)O.PP. The smallest absolute Gasteiger partial charge is 0.303 e. The Morgan fingerprint density at radius 3 is 1.22 bits per heavy atom. The molecule has 16 unspecified atom stereocenters. The van der Waals surface area contributed by atoms with Crippen LogP contribution in [-0.2, 0) is 111 Å². The number of fused-ring (bicyclic) bond motifs is 2. The van der Waals surface area contributed by atoms with Crippen LogP contribution in [0.2, 0.25) is 0 Å². The fraction of sp³-hybridized carbons (Fsp3) is 0.679. The van der Waals surface area contributed by atoms with Crippen molar-refractivity contribution < 1.29 is 186 Å². The summed E-state index contributed by atoms with van der Waals surface area (Å²) in [5.41, 5.74) is 8.13. The first-order valence-corrected chi connectivity index (χ1v) is 47.6. The molecule has 53 nitrogen and oxygen atoms in total. The van der Waals surface area contributed by atoms with Gasteiger partial charge in [-0.3, -0.25) is 65.8 Å². The lowest BCUT2D eigenvalue weighted by Gasteiger charge is -2.36. The van der Waals surface area contributed by atoms with Crippen LogP contribution in [0.4, 0.5) is 11.6 Å². The second-order valence-corrected chi connectivity index (χ2v) is 35.9. The number of aliphatic hydroxyl groups is 4. The molecule has 0 aromatic carbocycles. The van der Waals surface area contributed by atoms with Gasteiger partial charge in [-0.05, 0) is 25.7 Å². The number of aromatic nitrogens is 8. The van der Waals surface area contributed by atoms with Crippen molar-refractivity contribution in [2.45, 2.75) is 166 Å².